The minimum absolute atomic E-state index is 0.143. The van der Waals surface area contributed by atoms with Crippen molar-refractivity contribution in [2.24, 2.45) is 0 Å². The highest BCUT2D eigenvalue weighted by atomic mass is 16.1. The zero-order valence-electron chi connectivity index (χ0n) is 12.1. The Bertz CT molecular complexity index is 545. The van der Waals surface area contributed by atoms with Gasteiger partial charge in [0.2, 0.25) is 0 Å². The van der Waals surface area contributed by atoms with Crippen molar-refractivity contribution in [1.29, 1.82) is 0 Å². The largest absolute Gasteiger partial charge is 0.307 e. The van der Waals surface area contributed by atoms with Gasteiger partial charge in [-0.3, -0.25) is 4.79 Å². The normalized spacial score (nSPS) is 12.1. The van der Waals surface area contributed by atoms with Gasteiger partial charge < -0.3 is 5.32 Å². The highest BCUT2D eigenvalue weighted by Gasteiger charge is 2.08. The molecule has 0 saturated carbocycles. The smallest absolute Gasteiger partial charge is 0.176 e. The molecule has 0 bridgehead atoms. The number of carbonyl (C=O) groups excluding carboxylic acids is 1. The monoisotopic (exact) mass is 267 g/mol. The fraction of sp³-hybridized carbons (Fsp3) is 0.278. The van der Waals surface area contributed by atoms with Gasteiger partial charge in [-0.2, -0.15) is 0 Å². The minimum Gasteiger partial charge on any atom is -0.307 e. The van der Waals surface area contributed by atoms with Gasteiger partial charge in [0, 0.05) is 11.6 Å². The van der Waals surface area contributed by atoms with Crippen molar-refractivity contribution >= 4 is 5.78 Å². The first kappa shape index (κ1) is 14.5. The molecule has 0 spiro atoms. The topological polar surface area (TPSA) is 29.1 Å². The van der Waals surface area contributed by atoms with Crippen molar-refractivity contribution in [3.05, 3.63) is 71.3 Å². The second-order valence-corrected chi connectivity index (χ2v) is 5.26. The van der Waals surface area contributed by atoms with Crippen LogP contribution in [0.3, 0.4) is 0 Å². The van der Waals surface area contributed by atoms with Crippen LogP contribution in [-0.2, 0) is 6.42 Å². The molecule has 0 aromatic heterocycles. The average molecular weight is 267 g/mol. The first-order valence-corrected chi connectivity index (χ1v) is 7.02. The molecular formula is C18H21NO. The van der Waals surface area contributed by atoms with Crippen molar-refractivity contribution in [3.63, 3.8) is 0 Å². The summed E-state index contributed by atoms with van der Waals surface area (Å²) in [5.41, 5.74) is 3.23. The maximum atomic E-state index is 12.1. The van der Waals surface area contributed by atoms with Crippen LogP contribution in [0.15, 0.2) is 54.6 Å². The van der Waals surface area contributed by atoms with E-state index < -0.39 is 0 Å². The van der Waals surface area contributed by atoms with Gasteiger partial charge in [-0.25, -0.2) is 0 Å². The molecule has 20 heavy (non-hydrogen) atoms. The van der Waals surface area contributed by atoms with Crippen LogP contribution in [0, 0.1) is 6.92 Å². The summed E-state index contributed by atoms with van der Waals surface area (Å²) in [7, 11) is 0. The van der Waals surface area contributed by atoms with Crippen molar-refractivity contribution < 1.29 is 4.79 Å². The van der Waals surface area contributed by atoms with Crippen molar-refractivity contribution in [3.8, 4) is 0 Å². The Labute approximate surface area is 120 Å². The summed E-state index contributed by atoms with van der Waals surface area (Å²) in [4.78, 5) is 12.1. The fourth-order valence-electron chi connectivity index (χ4n) is 2.15. The summed E-state index contributed by atoms with van der Waals surface area (Å²) in [5.74, 6) is 0.143. The van der Waals surface area contributed by atoms with Crippen LogP contribution in [0.1, 0.15) is 28.4 Å². The lowest BCUT2D eigenvalue weighted by Gasteiger charge is -2.13. The van der Waals surface area contributed by atoms with Crippen molar-refractivity contribution in [2.45, 2.75) is 26.3 Å². The van der Waals surface area contributed by atoms with Gasteiger partial charge >= 0.3 is 0 Å². The maximum Gasteiger partial charge on any atom is 0.176 e. The molecule has 104 valence electrons. The molecule has 2 rings (SSSR count). The third-order valence-electron chi connectivity index (χ3n) is 3.37. The average Bonchev–Trinajstić information content (AvgIpc) is 2.46. The predicted octanol–water partition coefficient (Wildman–Crippen LogP) is 3.40. The second kappa shape index (κ2) is 7.01. The maximum absolute atomic E-state index is 12.1. The van der Waals surface area contributed by atoms with Crippen LogP contribution in [0.5, 0.6) is 0 Å². The third-order valence-corrected chi connectivity index (χ3v) is 3.37. The van der Waals surface area contributed by atoms with Gasteiger partial charge in [-0.15, -0.1) is 0 Å². The molecule has 2 nitrogen and oxygen atoms in total. The summed E-state index contributed by atoms with van der Waals surface area (Å²) in [6.45, 7) is 4.51. The van der Waals surface area contributed by atoms with E-state index in [1.54, 1.807) is 0 Å². The van der Waals surface area contributed by atoms with Crippen LogP contribution in [0.2, 0.25) is 0 Å². The number of carbonyl (C=O) groups is 1. The van der Waals surface area contributed by atoms with E-state index in [0.717, 1.165) is 12.0 Å². The molecule has 0 saturated heterocycles. The number of hydrogen-bond acceptors (Lipinski definition) is 2. The van der Waals surface area contributed by atoms with Gasteiger partial charge in [-0.05, 0) is 25.8 Å². The highest BCUT2D eigenvalue weighted by Crippen LogP contribution is 2.05. The van der Waals surface area contributed by atoms with Crippen LogP contribution in [-0.4, -0.2) is 18.4 Å². The molecule has 2 aromatic carbocycles. The van der Waals surface area contributed by atoms with Crippen molar-refractivity contribution in [2.75, 3.05) is 6.54 Å². The summed E-state index contributed by atoms with van der Waals surface area (Å²) >= 11 is 0. The van der Waals surface area contributed by atoms with E-state index in [2.05, 4.69) is 24.4 Å². The van der Waals surface area contributed by atoms with E-state index in [4.69, 9.17) is 0 Å². The molecular weight excluding hydrogens is 246 g/mol. The molecule has 0 amide bonds. The predicted molar refractivity (Wildman–Crippen MR) is 83.1 cm³/mol. The summed E-state index contributed by atoms with van der Waals surface area (Å²) < 4.78 is 0. The summed E-state index contributed by atoms with van der Waals surface area (Å²) in [6, 6.07) is 18.3. The van der Waals surface area contributed by atoms with Gasteiger partial charge in [-0.1, -0.05) is 60.2 Å². The number of Topliss-reactive ketones (excluding diaryl/α,β-unsaturated/α-hetero) is 1. The zero-order chi connectivity index (χ0) is 14.4. The lowest BCUT2D eigenvalue weighted by molar-refractivity contribution is 0.0988. The minimum atomic E-state index is 0.143. The SMILES string of the molecule is Cc1ccc(C(=O)CN[C@@H](C)Cc2ccccc2)cc1. The Kier molecular flexibility index (Phi) is 5.08. The zero-order valence-corrected chi connectivity index (χ0v) is 12.1. The molecule has 0 heterocycles. The lowest BCUT2D eigenvalue weighted by atomic mass is 10.1. The Balaban J connectivity index is 1.82. The Morgan fingerprint density at radius 3 is 2.35 bits per heavy atom. The van der Waals surface area contributed by atoms with Gasteiger partial charge in [0.1, 0.15) is 0 Å². The van der Waals surface area contributed by atoms with Gasteiger partial charge in [0.05, 0.1) is 6.54 Å². The van der Waals surface area contributed by atoms with E-state index in [-0.39, 0.29) is 11.8 Å². The molecule has 0 radical (unpaired) electrons. The Morgan fingerprint density at radius 2 is 1.70 bits per heavy atom. The second-order valence-electron chi connectivity index (χ2n) is 5.26. The standard InChI is InChI=1S/C18H21NO/c1-14-8-10-17(11-9-14)18(20)13-19-15(2)12-16-6-4-3-5-7-16/h3-11,15,19H,12-13H2,1-2H3/t15-/m0/s1. The molecule has 1 N–H and O–H groups in total. The van der Waals surface area contributed by atoms with Crippen LogP contribution < -0.4 is 5.32 Å². The molecule has 0 unspecified atom stereocenters. The Morgan fingerprint density at radius 1 is 1.05 bits per heavy atom. The third kappa shape index (κ3) is 4.32. The van der Waals surface area contributed by atoms with Crippen LogP contribution in [0.4, 0.5) is 0 Å². The van der Waals surface area contributed by atoms with E-state index in [1.165, 1.54) is 11.1 Å². The fourth-order valence-corrected chi connectivity index (χ4v) is 2.15. The molecule has 1 atom stereocenters. The van der Waals surface area contributed by atoms with E-state index in [1.807, 2.05) is 49.4 Å². The van der Waals surface area contributed by atoms with E-state index in [9.17, 15) is 4.79 Å². The number of ketones is 1. The highest BCUT2D eigenvalue weighted by molar-refractivity contribution is 5.97. The number of hydrogen-bond donors (Lipinski definition) is 1. The number of rotatable bonds is 6. The molecule has 0 aliphatic carbocycles. The molecule has 0 aliphatic rings. The van der Waals surface area contributed by atoms with Gasteiger partial charge in [0.25, 0.3) is 0 Å². The quantitative estimate of drug-likeness (QED) is 0.813. The summed E-state index contributed by atoms with van der Waals surface area (Å²) in [5, 5.41) is 3.29. The van der Waals surface area contributed by atoms with Crippen LogP contribution in [0.25, 0.3) is 0 Å². The molecule has 2 heteroatoms. The summed E-state index contributed by atoms with van der Waals surface area (Å²) in [6.07, 6.45) is 0.933. The first-order valence-electron chi connectivity index (χ1n) is 7.02. The molecule has 0 fully saturated rings. The first-order chi connectivity index (χ1) is 9.65. The van der Waals surface area contributed by atoms with E-state index >= 15 is 0 Å². The molecule has 0 aliphatic heterocycles. The molecule has 2 aromatic rings. The number of nitrogens with one attached hydrogen (secondary N) is 1. The van der Waals surface area contributed by atoms with E-state index in [0.29, 0.717) is 6.54 Å². The lowest BCUT2D eigenvalue weighted by Crippen LogP contribution is -2.33. The van der Waals surface area contributed by atoms with Crippen LogP contribution >= 0.6 is 0 Å². The van der Waals surface area contributed by atoms with Gasteiger partial charge in [0.15, 0.2) is 5.78 Å². The number of aryl methyl sites for hydroxylation is 1. The Hall–Kier alpha value is -1.93. The number of benzene rings is 2. The van der Waals surface area contributed by atoms with Crippen molar-refractivity contribution in [1.82, 2.24) is 5.32 Å².